The molecular formula is C21H22N4OS. The van der Waals surface area contributed by atoms with Crippen LogP contribution in [-0.2, 0) is 0 Å². The topological polar surface area (TPSA) is 42.3 Å². The second-order valence-corrected chi connectivity index (χ2v) is 6.80. The molecule has 27 heavy (non-hydrogen) atoms. The molecule has 1 aromatic carbocycles. The predicted molar refractivity (Wildman–Crippen MR) is 110 cm³/mol. The molecule has 5 nitrogen and oxygen atoms in total. The number of pyridine rings is 1. The number of rotatable bonds is 5. The van der Waals surface area contributed by atoms with Gasteiger partial charge in [-0.3, -0.25) is 4.98 Å². The zero-order chi connectivity index (χ0) is 18.8. The highest BCUT2D eigenvalue weighted by atomic mass is 32.1. The molecule has 1 N–H and O–H groups in total. The molecular weight excluding hydrogens is 356 g/mol. The highest BCUT2D eigenvalue weighted by Crippen LogP contribution is 2.39. The first-order valence-corrected chi connectivity index (χ1v) is 9.43. The highest BCUT2D eigenvalue weighted by Gasteiger charge is 2.40. The van der Waals surface area contributed by atoms with E-state index in [4.69, 9.17) is 17.0 Å². The largest absolute Gasteiger partial charge is 0.497 e. The van der Waals surface area contributed by atoms with Gasteiger partial charge in [-0.1, -0.05) is 6.07 Å². The van der Waals surface area contributed by atoms with Gasteiger partial charge in [0.25, 0.3) is 0 Å². The van der Waals surface area contributed by atoms with E-state index in [2.05, 4.69) is 57.2 Å². The molecule has 0 amide bonds. The number of likely N-dealkylation sites (N-methyl/N-ethyl adjacent to an activating group) is 1. The van der Waals surface area contributed by atoms with Crippen molar-refractivity contribution in [3.63, 3.8) is 0 Å². The van der Waals surface area contributed by atoms with Crippen molar-refractivity contribution in [3.05, 3.63) is 78.4 Å². The zero-order valence-electron chi connectivity index (χ0n) is 15.4. The van der Waals surface area contributed by atoms with Crippen molar-refractivity contribution in [2.45, 2.75) is 19.0 Å². The number of nitrogens with one attached hydrogen (secondary N) is 1. The van der Waals surface area contributed by atoms with Crippen LogP contribution in [0.1, 0.15) is 30.4 Å². The van der Waals surface area contributed by atoms with Crippen LogP contribution in [0.4, 0.5) is 0 Å². The van der Waals surface area contributed by atoms with Crippen molar-refractivity contribution in [1.82, 2.24) is 19.8 Å². The molecule has 138 valence electrons. The molecule has 0 unspecified atom stereocenters. The van der Waals surface area contributed by atoms with E-state index >= 15 is 0 Å². The van der Waals surface area contributed by atoms with Gasteiger partial charge in [-0.25, -0.2) is 0 Å². The van der Waals surface area contributed by atoms with E-state index in [1.807, 2.05) is 36.5 Å². The average Bonchev–Trinajstić information content (AvgIpc) is 3.32. The normalized spacial score (nSPS) is 19.2. The lowest BCUT2D eigenvalue weighted by atomic mass is 10.0. The number of thiocarbonyl (C=S) groups is 1. The van der Waals surface area contributed by atoms with Crippen molar-refractivity contribution < 1.29 is 4.74 Å². The minimum atomic E-state index is 0.00514. The van der Waals surface area contributed by atoms with Crippen LogP contribution >= 0.6 is 12.2 Å². The molecule has 2 atom stereocenters. The van der Waals surface area contributed by atoms with Gasteiger partial charge in [-0.05, 0) is 67.7 Å². The van der Waals surface area contributed by atoms with Crippen molar-refractivity contribution in [1.29, 1.82) is 0 Å². The van der Waals surface area contributed by atoms with E-state index in [0.717, 1.165) is 28.8 Å². The molecule has 1 aliphatic rings. The van der Waals surface area contributed by atoms with Gasteiger partial charge < -0.3 is 19.5 Å². The molecule has 0 radical (unpaired) electrons. The first-order chi connectivity index (χ1) is 13.2. The van der Waals surface area contributed by atoms with Crippen LogP contribution in [-0.4, -0.2) is 33.2 Å². The Morgan fingerprint density at radius 2 is 1.93 bits per heavy atom. The Bertz CT molecular complexity index is 923. The molecule has 0 saturated carbocycles. The molecule has 0 aliphatic carbocycles. The molecule has 3 aromatic rings. The summed E-state index contributed by atoms with van der Waals surface area (Å²) in [4.78, 5) is 6.80. The van der Waals surface area contributed by atoms with Gasteiger partial charge >= 0.3 is 0 Å². The molecule has 4 rings (SSSR count). The Morgan fingerprint density at radius 1 is 1.11 bits per heavy atom. The average molecular weight is 379 g/mol. The maximum atomic E-state index is 5.62. The van der Waals surface area contributed by atoms with Gasteiger partial charge in [0.1, 0.15) is 5.75 Å². The Hall–Kier alpha value is -2.86. The number of benzene rings is 1. The summed E-state index contributed by atoms with van der Waals surface area (Å²) in [6.07, 6.45) is 3.91. The minimum absolute atomic E-state index is 0.00514. The van der Waals surface area contributed by atoms with Gasteiger partial charge in [-0.15, -0.1) is 0 Å². The molecule has 1 fully saturated rings. The molecule has 0 bridgehead atoms. The van der Waals surface area contributed by atoms with Crippen LogP contribution in [0.25, 0.3) is 5.69 Å². The van der Waals surface area contributed by atoms with Crippen molar-refractivity contribution in [2.75, 3.05) is 13.7 Å². The van der Waals surface area contributed by atoms with Crippen LogP contribution in [0.5, 0.6) is 5.75 Å². The number of ether oxygens (including phenoxy) is 1. The van der Waals surface area contributed by atoms with Crippen LogP contribution in [0.15, 0.2) is 67.0 Å². The fourth-order valence-corrected chi connectivity index (χ4v) is 4.05. The van der Waals surface area contributed by atoms with Gasteiger partial charge in [0.05, 0.1) is 24.9 Å². The number of aromatic nitrogens is 2. The van der Waals surface area contributed by atoms with Crippen molar-refractivity contribution in [2.24, 2.45) is 0 Å². The first kappa shape index (κ1) is 17.5. The minimum Gasteiger partial charge on any atom is -0.497 e. The van der Waals surface area contributed by atoms with Crippen LogP contribution in [0, 0.1) is 0 Å². The lowest BCUT2D eigenvalue weighted by Gasteiger charge is -2.28. The van der Waals surface area contributed by atoms with Crippen LogP contribution in [0.2, 0.25) is 0 Å². The molecule has 3 heterocycles. The summed E-state index contributed by atoms with van der Waals surface area (Å²) in [6, 6.07) is 18.4. The lowest BCUT2D eigenvalue weighted by molar-refractivity contribution is 0.321. The Balaban J connectivity index is 1.78. The van der Waals surface area contributed by atoms with Gasteiger partial charge in [-0.2, -0.15) is 0 Å². The third-order valence-electron chi connectivity index (χ3n) is 4.97. The van der Waals surface area contributed by atoms with Crippen LogP contribution < -0.4 is 10.1 Å². The summed E-state index contributed by atoms with van der Waals surface area (Å²) in [6.45, 7) is 2.95. The van der Waals surface area contributed by atoms with E-state index in [-0.39, 0.29) is 12.1 Å². The molecule has 6 heteroatoms. The number of methoxy groups -OCH3 is 1. The Morgan fingerprint density at radius 3 is 2.59 bits per heavy atom. The van der Waals surface area contributed by atoms with Crippen molar-refractivity contribution >= 4 is 17.3 Å². The maximum Gasteiger partial charge on any atom is 0.170 e. The summed E-state index contributed by atoms with van der Waals surface area (Å²) in [5.74, 6) is 0.845. The van der Waals surface area contributed by atoms with Gasteiger partial charge in [0, 0.05) is 30.3 Å². The predicted octanol–water partition coefficient (Wildman–Crippen LogP) is 3.87. The second-order valence-electron chi connectivity index (χ2n) is 6.41. The fraction of sp³-hybridized carbons (Fsp3) is 0.238. The van der Waals surface area contributed by atoms with E-state index < -0.39 is 0 Å². The smallest absolute Gasteiger partial charge is 0.170 e. The SMILES string of the molecule is CCN1C(=S)N[C@H](c2ccccn2)[C@@H]1c1cccn1-c1ccc(OC)cc1. The van der Waals surface area contributed by atoms with E-state index in [1.54, 1.807) is 7.11 Å². The van der Waals surface area contributed by atoms with Gasteiger partial charge in [0.2, 0.25) is 0 Å². The third kappa shape index (κ3) is 3.17. The quantitative estimate of drug-likeness (QED) is 0.683. The van der Waals surface area contributed by atoms with Crippen molar-refractivity contribution in [3.8, 4) is 11.4 Å². The Kier molecular flexibility index (Phi) is 4.81. The molecule has 2 aromatic heterocycles. The summed E-state index contributed by atoms with van der Waals surface area (Å²) in [5.41, 5.74) is 3.25. The van der Waals surface area contributed by atoms with E-state index in [9.17, 15) is 0 Å². The maximum absolute atomic E-state index is 5.62. The van der Waals surface area contributed by atoms with Gasteiger partial charge in [0.15, 0.2) is 5.11 Å². The number of hydrogen-bond donors (Lipinski definition) is 1. The second kappa shape index (κ2) is 7.40. The standard InChI is InChI=1S/C21H22N4OS/c1-3-24-20(19(23-21(24)27)17-7-4-5-13-22-17)18-8-6-14-25(18)15-9-11-16(26-2)12-10-15/h4-14,19-20H,3H2,1-2H3,(H,23,27)/t19-,20+/m1/s1. The lowest BCUT2D eigenvalue weighted by Crippen LogP contribution is -2.30. The fourth-order valence-electron chi connectivity index (χ4n) is 3.68. The van der Waals surface area contributed by atoms with E-state index in [1.165, 1.54) is 5.69 Å². The summed E-state index contributed by atoms with van der Waals surface area (Å²) >= 11 is 5.62. The number of hydrogen-bond acceptors (Lipinski definition) is 3. The zero-order valence-corrected chi connectivity index (χ0v) is 16.2. The third-order valence-corrected chi connectivity index (χ3v) is 5.32. The molecule has 1 aliphatic heterocycles. The molecule has 1 saturated heterocycles. The Labute approximate surface area is 164 Å². The molecule has 0 spiro atoms. The van der Waals surface area contributed by atoms with E-state index in [0.29, 0.717) is 0 Å². The highest BCUT2D eigenvalue weighted by molar-refractivity contribution is 7.80. The number of nitrogens with zero attached hydrogens (tertiary/aromatic N) is 3. The monoisotopic (exact) mass is 378 g/mol. The summed E-state index contributed by atoms with van der Waals surface area (Å²) in [5, 5.41) is 4.23. The van der Waals surface area contributed by atoms with Crippen LogP contribution in [0.3, 0.4) is 0 Å². The summed E-state index contributed by atoms with van der Waals surface area (Å²) in [7, 11) is 1.68. The summed E-state index contributed by atoms with van der Waals surface area (Å²) < 4.78 is 7.49. The first-order valence-electron chi connectivity index (χ1n) is 9.02.